The van der Waals surface area contributed by atoms with Gasteiger partial charge in [-0.05, 0) is 37.3 Å². The monoisotopic (exact) mass is 590 g/mol. The van der Waals surface area contributed by atoms with Crippen LogP contribution in [-0.4, -0.2) is 61.3 Å². The van der Waals surface area contributed by atoms with E-state index in [1.165, 1.54) is 11.8 Å². The summed E-state index contributed by atoms with van der Waals surface area (Å²) in [7, 11) is 3.21. The second-order valence-electron chi connectivity index (χ2n) is 9.60. The molecule has 1 aliphatic rings. The lowest BCUT2D eigenvalue weighted by Crippen LogP contribution is -2.43. The zero-order chi connectivity index (χ0) is 28.9. The highest BCUT2D eigenvalue weighted by atomic mass is 35.5. The number of hydrogen-bond acceptors (Lipinski definition) is 6. The van der Waals surface area contributed by atoms with Crippen molar-refractivity contribution < 1.29 is 19.1 Å². The first-order chi connectivity index (χ1) is 19.9. The number of thioether (sulfide) groups is 1. The lowest BCUT2D eigenvalue weighted by atomic mass is 9.99. The molecule has 1 atom stereocenters. The lowest BCUT2D eigenvalue weighted by Gasteiger charge is -2.23. The van der Waals surface area contributed by atoms with Gasteiger partial charge >= 0.3 is 0 Å². The molecule has 0 fully saturated rings. The minimum absolute atomic E-state index is 0.160. The van der Waals surface area contributed by atoms with E-state index in [1.54, 1.807) is 23.8 Å². The Hall–Kier alpha value is -3.79. The molecule has 1 aliphatic heterocycles. The maximum absolute atomic E-state index is 13.8. The number of aromatic nitrogens is 2. The number of rotatable bonds is 9. The fourth-order valence-electron chi connectivity index (χ4n) is 4.83. The van der Waals surface area contributed by atoms with Crippen LogP contribution in [0, 0.1) is 6.92 Å². The van der Waals surface area contributed by atoms with E-state index in [2.05, 4.69) is 5.32 Å². The molecular weight excluding hydrogens is 560 g/mol. The van der Waals surface area contributed by atoms with Crippen molar-refractivity contribution in [2.45, 2.75) is 12.2 Å². The average molecular weight is 591 g/mol. The van der Waals surface area contributed by atoms with Gasteiger partial charge in [-0.2, -0.15) is 5.10 Å². The number of hydrogen-bond donors (Lipinski definition) is 1. The van der Waals surface area contributed by atoms with Crippen molar-refractivity contribution in [1.29, 1.82) is 0 Å². The van der Waals surface area contributed by atoms with Crippen LogP contribution < -0.4 is 15.0 Å². The molecule has 0 unspecified atom stereocenters. The number of para-hydroxylation sites is 1. The summed E-state index contributed by atoms with van der Waals surface area (Å²) in [6.45, 7) is 2.57. The summed E-state index contributed by atoms with van der Waals surface area (Å²) in [5.41, 5.74) is 5.14. The van der Waals surface area contributed by atoms with E-state index >= 15 is 0 Å². The van der Waals surface area contributed by atoms with Crippen molar-refractivity contribution in [3.05, 3.63) is 94.5 Å². The van der Waals surface area contributed by atoms with Gasteiger partial charge in [0.25, 0.3) is 0 Å². The SMILES string of the molecule is COCCNC(=O)CN1C(=O)CS[C@H](c2ccccc2OC)c2c(-c3ccc(Cl)cc3)nn(-c3ccc(C)cc3)c21. The van der Waals surface area contributed by atoms with Crippen molar-refractivity contribution in [2.75, 3.05) is 44.6 Å². The Kier molecular flexibility index (Phi) is 8.97. The van der Waals surface area contributed by atoms with Crippen LogP contribution in [0.15, 0.2) is 72.8 Å². The maximum atomic E-state index is 13.8. The van der Waals surface area contributed by atoms with Crippen molar-refractivity contribution in [1.82, 2.24) is 15.1 Å². The minimum atomic E-state index is -0.309. The predicted molar refractivity (Wildman–Crippen MR) is 163 cm³/mol. The van der Waals surface area contributed by atoms with Gasteiger partial charge in [-0.3, -0.25) is 14.5 Å². The number of halogens is 1. The van der Waals surface area contributed by atoms with Gasteiger partial charge in [-0.1, -0.05) is 59.6 Å². The van der Waals surface area contributed by atoms with Crippen LogP contribution in [0.5, 0.6) is 5.75 Å². The molecule has 3 aromatic carbocycles. The van der Waals surface area contributed by atoms with Crippen molar-refractivity contribution in [3.63, 3.8) is 0 Å². The zero-order valence-corrected chi connectivity index (χ0v) is 24.7. The van der Waals surface area contributed by atoms with E-state index in [0.717, 1.165) is 27.9 Å². The summed E-state index contributed by atoms with van der Waals surface area (Å²) >= 11 is 7.74. The molecule has 2 amide bonds. The smallest absolute Gasteiger partial charge is 0.240 e. The van der Waals surface area contributed by atoms with Gasteiger partial charge < -0.3 is 14.8 Å². The van der Waals surface area contributed by atoms with Gasteiger partial charge in [0.15, 0.2) is 0 Å². The van der Waals surface area contributed by atoms with E-state index in [4.69, 9.17) is 26.2 Å². The molecule has 41 heavy (non-hydrogen) atoms. The number of aryl methyl sites for hydroxylation is 1. The number of anilines is 1. The summed E-state index contributed by atoms with van der Waals surface area (Å²) in [5.74, 6) is 0.945. The van der Waals surface area contributed by atoms with E-state index in [-0.39, 0.29) is 29.4 Å². The number of carbonyl (C=O) groups is 2. The van der Waals surface area contributed by atoms with Crippen molar-refractivity contribution in [2.24, 2.45) is 0 Å². The lowest BCUT2D eigenvalue weighted by molar-refractivity contribution is -0.123. The molecule has 0 saturated carbocycles. The zero-order valence-electron chi connectivity index (χ0n) is 23.1. The molecule has 0 saturated heterocycles. The number of nitrogens with zero attached hydrogens (tertiary/aromatic N) is 3. The Bertz CT molecular complexity index is 1540. The van der Waals surface area contributed by atoms with Gasteiger partial charge in [0.05, 0.1) is 36.1 Å². The highest BCUT2D eigenvalue weighted by Gasteiger charge is 2.38. The number of nitrogens with one attached hydrogen (secondary N) is 1. The van der Waals surface area contributed by atoms with Gasteiger partial charge in [0.1, 0.15) is 18.1 Å². The van der Waals surface area contributed by atoms with E-state index in [9.17, 15) is 9.59 Å². The van der Waals surface area contributed by atoms with E-state index in [0.29, 0.717) is 35.4 Å². The fourth-order valence-corrected chi connectivity index (χ4v) is 6.18. The largest absolute Gasteiger partial charge is 0.496 e. The predicted octanol–water partition coefficient (Wildman–Crippen LogP) is 5.44. The van der Waals surface area contributed by atoms with Gasteiger partial charge in [-0.25, -0.2) is 4.68 Å². The van der Waals surface area contributed by atoms with Crippen LogP contribution in [0.2, 0.25) is 5.02 Å². The summed E-state index contributed by atoms with van der Waals surface area (Å²) in [5, 5.41) is 8.25. The summed E-state index contributed by atoms with van der Waals surface area (Å²) in [4.78, 5) is 28.4. The summed E-state index contributed by atoms with van der Waals surface area (Å²) in [6.07, 6.45) is 0. The molecule has 5 rings (SSSR count). The topological polar surface area (TPSA) is 85.7 Å². The van der Waals surface area contributed by atoms with Gasteiger partial charge in [0, 0.05) is 35.4 Å². The number of fused-ring (bicyclic) bond motifs is 1. The Morgan fingerprint density at radius 3 is 2.51 bits per heavy atom. The van der Waals surface area contributed by atoms with Crippen LogP contribution in [0.1, 0.15) is 21.9 Å². The number of benzene rings is 3. The Balaban J connectivity index is 1.77. The fraction of sp³-hybridized carbons (Fsp3) is 0.258. The maximum Gasteiger partial charge on any atom is 0.240 e. The third-order valence-electron chi connectivity index (χ3n) is 6.84. The number of methoxy groups -OCH3 is 2. The van der Waals surface area contributed by atoms with Crippen LogP contribution in [0.3, 0.4) is 0 Å². The summed E-state index contributed by atoms with van der Waals surface area (Å²) in [6, 6.07) is 23.2. The molecule has 0 bridgehead atoms. The second-order valence-corrected chi connectivity index (χ2v) is 11.1. The van der Waals surface area contributed by atoms with Crippen molar-refractivity contribution >= 4 is 41.0 Å². The number of amides is 2. The minimum Gasteiger partial charge on any atom is -0.496 e. The molecule has 4 aromatic rings. The van der Waals surface area contributed by atoms with Crippen LogP contribution in [0.4, 0.5) is 5.82 Å². The van der Waals surface area contributed by atoms with E-state index in [1.807, 2.05) is 79.7 Å². The Morgan fingerprint density at radius 1 is 1.07 bits per heavy atom. The Labute approximate surface area is 248 Å². The third kappa shape index (κ3) is 6.12. The standard InChI is InChI=1S/C31H31ClN4O4S/c1-20-8-14-23(15-9-20)36-31-28(29(34-36)21-10-12-22(32)13-11-21)30(24-6-4-5-7-25(24)40-3)41-19-27(38)35(31)18-26(37)33-16-17-39-2/h4-15,30H,16-19H2,1-3H3,(H,33,37)/t30-/m1/s1. The highest BCUT2D eigenvalue weighted by molar-refractivity contribution is 8.00. The molecule has 0 aliphatic carbocycles. The normalized spacial score (nSPS) is 14.9. The third-order valence-corrected chi connectivity index (χ3v) is 8.33. The molecule has 212 valence electrons. The van der Waals surface area contributed by atoms with E-state index < -0.39 is 0 Å². The average Bonchev–Trinajstić information content (AvgIpc) is 3.30. The first kappa shape index (κ1) is 28.7. The van der Waals surface area contributed by atoms with Crippen molar-refractivity contribution in [3.8, 4) is 22.7 Å². The Morgan fingerprint density at radius 2 is 1.80 bits per heavy atom. The number of ether oxygens (including phenoxy) is 2. The molecule has 1 N–H and O–H groups in total. The molecule has 8 nitrogen and oxygen atoms in total. The number of carbonyl (C=O) groups excluding carboxylic acids is 2. The molecular formula is C31H31ClN4O4S. The highest BCUT2D eigenvalue weighted by Crippen LogP contribution is 2.50. The molecule has 0 radical (unpaired) electrons. The molecule has 1 aromatic heterocycles. The van der Waals surface area contributed by atoms with Crippen LogP contribution in [0.25, 0.3) is 16.9 Å². The van der Waals surface area contributed by atoms with Gasteiger partial charge in [0.2, 0.25) is 11.8 Å². The first-order valence-corrected chi connectivity index (χ1v) is 14.6. The van der Waals surface area contributed by atoms with Crippen LogP contribution >= 0.6 is 23.4 Å². The molecule has 0 spiro atoms. The quantitative estimate of drug-likeness (QED) is 0.261. The molecule has 2 heterocycles. The van der Waals surface area contributed by atoms with Crippen LogP contribution in [-0.2, 0) is 14.3 Å². The van der Waals surface area contributed by atoms with Gasteiger partial charge in [-0.15, -0.1) is 11.8 Å². The second kappa shape index (κ2) is 12.8. The molecule has 10 heteroatoms. The first-order valence-electron chi connectivity index (χ1n) is 13.2. The summed E-state index contributed by atoms with van der Waals surface area (Å²) < 4.78 is 12.6.